The van der Waals surface area contributed by atoms with Crippen LogP contribution in [0.3, 0.4) is 0 Å². The van der Waals surface area contributed by atoms with Crippen molar-refractivity contribution in [2.24, 2.45) is 35.5 Å². The van der Waals surface area contributed by atoms with Crippen LogP contribution in [0.4, 0.5) is 0 Å². The van der Waals surface area contributed by atoms with Gasteiger partial charge < -0.3 is 75.9 Å². The van der Waals surface area contributed by atoms with Gasteiger partial charge in [0.25, 0.3) is 0 Å². The Morgan fingerprint density at radius 3 is 1.11 bits per heavy atom. The molecule has 0 saturated heterocycles. The van der Waals surface area contributed by atoms with E-state index in [4.69, 9.17) is 24.4 Å². The van der Waals surface area contributed by atoms with E-state index in [1.54, 1.807) is 39.0 Å². The summed E-state index contributed by atoms with van der Waals surface area (Å²) in [6.07, 6.45) is 15.3. The van der Waals surface area contributed by atoms with Crippen molar-refractivity contribution in [3.63, 3.8) is 0 Å². The molecule has 567 valence electrons. The topological polar surface area (TPSA) is 340 Å². The summed E-state index contributed by atoms with van der Waals surface area (Å²) in [5.74, 6) is 17.0. The van der Waals surface area contributed by atoms with Crippen LogP contribution in [0.1, 0.15) is 185 Å². The molecule has 6 aliphatic rings. The summed E-state index contributed by atoms with van der Waals surface area (Å²) in [4.78, 5) is 63.3. The van der Waals surface area contributed by atoms with Gasteiger partial charge in [-0.05, 0) is 93.7 Å². The third-order valence-corrected chi connectivity index (χ3v) is 19.2. The van der Waals surface area contributed by atoms with Gasteiger partial charge in [-0.15, -0.1) is 35.5 Å². The standard InChI is InChI=1S/C27H35NO6.C26H33NO6.C24H30O5.2CH4.3CH3.H2O.Sn/c1-4-5-8-17(2)21(29)14-13-19-22(30)15-23-26(19)20-11-6-9-18(27(20)34-23)10-7-12-24(31)28-16-25(32)33-3;1-3-4-7-16(2)20(28)13-12-18-21(29)14-22-25(18)19-10-5-8-17(26(19)33-22)9-6-11-23(30)27-15-24(31)32;1-3-4-7-15(2)19(25)13-12-17-20(26)14-21-23(17)18-10-5-8-16(24(18)29-21)9-6-11-22(27)28;;;;;;;/h6,9,11,13-14,17,19,21-23,26,29-30H,7-8,10,12,15-16H2,1-3H3,(H,28,31);5,8,10,12-13,16,18,20-22,25,28-29H,6-7,9,11,14-15H2,1-2H3,(H,27,30)(H,31,32);5,8,10,12-13,15,17,19-21,23,25-26H,6-7,9,11,14H2,1-2H3,(H,27,28);2*1H4;3*1H3;1H2;/b14-13+;2*13-12+;;;;;;;/t17-,19-,21+,22+,23-,26-;16-,18-,20+,21+,22-,25-;15-,17-,19+,20+,21-,23-;;;;;;;/m000......./s1. The van der Waals surface area contributed by atoms with E-state index >= 15 is 0 Å². The number of para-hydroxylation sites is 3. The van der Waals surface area contributed by atoms with Crippen LogP contribution in [-0.4, -0.2) is 171 Å². The molecule has 3 aromatic carbocycles. The third kappa shape index (κ3) is 26.4. The van der Waals surface area contributed by atoms with Crippen molar-refractivity contribution in [3.8, 4) is 52.8 Å². The number of esters is 1. The van der Waals surface area contributed by atoms with E-state index in [2.05, 4.69) is 65.7 Å². The monoisotopic (exact) mass is 1540 g/mol. The number of carbonyl (C=O) groups excluding carboxylic acids is 3. The van der Waals surface area contributed by atoms with Crippen LogP contribution in [0.5, 0.6) is 17.2 Å². The molecule has 9 rings (SSSR count). The van der Waals surface area contributed by atoms with Gasteiger partial charge in [0.05, 0.1) is 43.7 Å². The second-order valence-electron chi connectivity index (χ2n) is 27.6. The normalized spacial score (nSPS) is 23.9. The van der Waals surface area contributed by atoms with E-state index in [-0.39, 0.29) is 130 Å². The van der Waals surface area contributed by atoms with Gasteiger partial charge in [0, 0.05) is 110 Å². The van der Waals surface area contributed by atoms with Crippen molar-refractivity contribution in [1.29, 1.82) is 0 Å². The first-order valence-electron chi connectivity index (χ1n) is 35.3. The molecule has 103 heavy (non-hydrogen) atoms. The fourth-order valence-electron chi connectivity index (χ4n) is 13.8. The third-order valence-electron chi connectivity index (χ3n) is 19.2. The maximum atomic E-state index is 11.9. The number of aryl methyl sites for hydroxylation is 3. The Kier molecular flexibility index (Phi) is 39.6. The fourth-order valence-corrected chi connectivity index (χ4v) is 13.8. The van der Waals surface area contributed by atoms with Gasteiger partial charge in [-0.2, -0.15) is 0 Å². The number of carboxylic acid groups (broad SMARTS) is 2. The molecule has 3 aliphatic carbocycles. The molecule has 3 aliphatic heterocycles. The summed E-state index contributed by atoms with van der Waals surface area (Å²) in [5.41, 5.74) is 6.28. The first-order valence-corrected chi connectivity index (χ1v) is 43.9. The number of fused-ring (bicyclic) bond motifs is 9. The van der Waals surface area contributed by atoms with Crippen molar-refractivity contribution in [2.75, 3.05) is 20.2 Å². The van der Waals surface area contributed by atoms with Crippen LogP contribution in [0.25, 0.3) is 0 Å². The fraction of sp³-hybridized carbons (Fsp3) is 0.573. The molecule has 3 fully saturated rings. The van der Waals surface area contributed by atoms with Gasteiger partial charge >= 0.3 is 52.5 Å². The number of benzene rings is 3. The number of carbonyl (C=O) groups is 5. The quantitative estimate of drug-likeness (QED) is 0.0140. The minimum atomic E-state index is -1.06. The molecular weight excluding hydrogens is 1420 g/mol. The number of aliphatic hydroxyl groups is 6. The van der Waals surface area contributed by atoms with Crippen LogP contribution in [0, 0.1) is 71.0 Å². The van der Waals surface area contributed by atoms with E-state index in [9.17, 15) is 54.6 Å². The molecule has 21 heteroatoms. The molecule has 3 aromatic rings. The molecule has 0 spiro atoms. The summed E-state index contributed by atoms with van der Waals surface area (Å²) < 4.78 is 23.3. The Hall–Kier alpha value is -7.17. The van der Waals surface area contributed by atoms with E-state index < -0.39 is 74.3 Å². The zero-order chi connectivity index (χ0) is 73.2. The van der Waals surface area contributed by atoms with Gasteiger partial charge in [-0.1, -0.05) is 127 Å². The van der Waals surface area contributed by atoms with Gasteiger partial charge in [-0.3, -0.25) is 24.0 Å². The molecule has 1 radical (unpaired) electrons. The SMILES string of the molecule is C.C.CC#CC[C@H](C)[C@H](O)/C=C/[C@@H]1[C@H]2c3cccc(CCCC(=O)NCC(=O)O)c3O[C@H]2C[C@H]1O.CC#CC[C@H](C)[C@H](O)/C=C/[C@@H]1[C@H]2c3cccc(CCCC(=O)NCC(=O)OC)c3O[C@H]2C[C@H]1O.CC#CC[C@H](C)[C@H](O)/C=C/[C@@H]1[C@H]2c3cccc(CCCC(=O)O)c3O[C@H]2C[C@H]1O.O.[CH3][Sn]([CH3])[CH3]. The van der Waals surface area contributed by atoms with Gasteiger partial charge in [0.1, 0.15) is 48.6 Å². The second-order valence-corrected chi connectivity index (χ2v) is 36.2. The number of rotatable bonds is 28. The van der Waals surface area contributed by atoms with Crippen molar-refractivity contribution in [2.45, 2.75) is 240 Å². The van der Waals surface area contributed by atoms with Crippen LogP contribution >= 0.6 is 0 Å². The molecule has 20 nitrogen and oxygen atoms in total. The first-order chi connectivity index (χ1) is 47.8. The first kappa shape index (κ1) is 90.0. The molecule has 0 aromatic heterocycles. The number of methoxy groups -OCH3 is 1. The van der Waals surface area contributed by atoms with Gasteiger partial charge in [-0.25, -0.2) is 0 Å². The molecule has 0 bridgehead atoms. The molecule has 3 heterocycles. The molecule has 0 unspecified atom stereocenters. The number of hydrogen-bond acceptors (Lipinski definition) is 15. The average molecular weight is 1540 g/mol. The molecule has 12 N–H and O–H groups in total. The van der Waals surface area contributed by atoms with Crippen molar-refractivity contribution in [3.05, 3.63) is 124 Å². The van der Waals surface area contributed by atoms with Gasteiger partial charge in [0.15, 0.2) is 0 Å². The summed E-state index contributed by atoms with van der Waals surface area (Å²) in [6.45, 7) is 10.7. The summed E-state index contributed by atoms with van der Waals surface area (Å²) in [5, 5.41) is 85.7. The Morgan fingerprint density at radius 2 is 0.825 bits per heavy atom. The minimum absolute atomic E-state index is 0. The Bertz CT molecular complexity index is 3500. The predicted octanol–water partition coefficient (Wildman–Crippen LogP) is 10.00. The summed E-state index contributed by atoms with van der Waals surface area (Å²) in [7, 11) is 1.28. The summed E-state index contributed by atoms with van der Waals surface area (Å²) >= 11 is -0.543. The van der Waals surface area contributed by atoms with Crippen LogP contribution in [0.15, 0.2) is 91.1 Å². The number of amides is 2. The average Bonchev–Trinajstić information content (AvgIpc) is 1.62. The second kappa shape index (κ2) is 45.3. The Balaban J connectivity index is 0.000000386. The molecular formula is C82H117N2O18Sn. The van der Waals surface area contributed by atoms with Crippen LogP contribution in [0.2, 0.25) is 14.8 Å². The van der Waals surface area contributed by atoms with Crippen molar-refractivity contribution < 1.29 is 89.2 Å². The number of hydrogen-bond donors (Lipinski definition) is 10. The van der Waals surface area contributed by atoms with E-state index in [0.29, 0.717) is 83.5 Å². The molecule has 18 atom stereocenters. The summed E-state index contributed by atoms with van der Waals surface area (Å²) in [6, 6.07) is 18.0. The number of carboxylic acids is 2. The number of ether oxygens (including phenoxy) is 4. The maximum absolute atomic E-state index is 11.9. The zero-order valence-corrected chi connectivity index (χ0v) is 63.2. The Morgan fingerprint density at radius 1 is 0.524 bits per heavy atom. The predicted molar refractivity (Wildman–Crippen MR) is 403 cm³/mol. The number of aliphatic hydroxyl groups excluding tert-OH is 6. The van der Waals surface area contributed by atoms with E-state index in [1.165, 1.54) is 7.11 Å². The van der Waals surface area contributed by atoms with Crippen molar-refractivity contribution >= 4 is 49.5 Å². The zero-order valence-electron chi connectivity index (χ0n) is 60.3. The number of nitrogens with one attached hydrogen (secondary N) is 2. The molecule has 3 saturated carbocycles. The van der Waals surface area contributed by atoms with Gasteiger partial charge in [0.2, 0.25) is 11.8 Å². The van der Waals surface area contributed by atoms with E-state index in [0.717, 1.165) is 50.6 Å². The molecule has 2 amide bonds. The van der Waals surface area contributed by atoms with Crippen LogP contribution in [-0.2, 0) is 48.0 Å². The number of aliphatic carboxylic acids is 2. The van der Waals surface area contributed by atoms with Crippen LogP contribution < -0.4 is 24.8 Å². The van der Waals surface area contributed by atoms with E-state index in [1.807, 2.05) is 93.6 Å². The van der Waals surface area contributed by atoms with Crippen molar-refractivity contribution in [1.82, 2.24) is 10.6 Å². The Labute approximate surface area is 619 Å².